The third-order valence-corrected chi connectivity index (χ3v) is 4.14. The molecule has 0 spiro atoms. The highest BCUT2D eigenvalue weighted by Crippen LogP contribution is 2.40. The molecular weight excluding hydrogens is 240 g/mol. The molecule has 1 saturated carbocycles. The highest BCUT2D eigenvalue weighted by Gasteiger charge is 2.43. The van der Waals surface area contributed by atoms with Crippen LogP contribution in [0, 0.1) is 5.41 Å². The Bertz CT molecular complexity index is 450. The first kappa shape index (κ1) is 13.9. The second-order valence-electron chi connectivity index (χ2n) is 5.28. The molecule has 1 unspecified atom stereocenters. The number of nitrogens with two attached hydrogens (primary N) is 1. The van der Waals surface area contributed by atoms with Gasteiger partial charge in [0, 0.05) is 12.1 Å². The summed E-state index contributed by atoms with van der Waals surface area (Å²) in [7, 11) is 1.64. The molecule has 1 aliphatic rings. The molecule has 1 atom stereocenters. The van der Waals surface area contributed by atoms with Crippen molar-refractivity contribution in [2.45, 2.75) is 32.2 Å². The van der Waals surface area contributed by atoms with Crippen LogP contribution in [0.1, 0.15) is 37.8 Å². The van der Waals surface area contributed by atoms with Gasteiger partial charge < -0.3 is 15.8 Å². The van der Waals surface area contributed by atoms with Crippen LogP contribution >= 0.6 is 0 Å². The molecule has 19 heavy (non-hydrogen) atoms. The fourth-order valence-corrected chi connectivity index (χ4v) is 2.58. The Balaban J connectivity index is 2.08. The number of amides is 1. The Labute approximate surface area is 114 Å². The number of methoxy groups -OCH3 is 1. The first-order valence-electron chi connectivity index (χ1n) is 6.77. The van der Waals surface area contributed by atoms with E-state index in [1.807, 2.05) is 31.2 Å². The summed E-state index contributed by atoms with van der Waals surface area (Å²) in [5, 5.41) is 3.07. The van der Waals surface area contributed by atoms with Crippen LogP contribution in [0.3, 0.4) is 0 Å². The number of hydrogen-bond acceptors (Lipinski definition) is 3. The molecule has 0 aromatic heterocycles. The molecule has 104 valence electrons. The van der Waals surface area contributed by atoms with Crippen molar-refractivity contribution in [3.05, 3.63) is 29.8 Å². The van der Waals surface area contributed by atoms with Crippen LogP contribution in [0.15, 0.2) is 24.3 Å². The maximum atomic E-state index is 12.3. The molecule has 1 aliphatic carbocycles. The van der Waals surface area contributed by atoms with Crippen molar-refractivity contribution in [1.29, 1.82) is 0 Å². The van der Waals surface area contributed by atoms with Gasteiger partial charge in [-0.05, 0) is 25.8 Å². The molecule has 4 heteroatoms. The van der Waals surface area contributed by atoms with E-state index in [0.717, 1.165) is 30.6 Å². The number of nitrogens with one attached hydrogen (secondary N) is 1. The Morgan fingerprint density at radius 3 is 2.68 bits per heavy atom. The zero-order valence-electron chi connectivity index (χ0n) is 11.6. The molecule has 1 amide bonds. The number of ether oxygens (including phenoxy) is 1. The van der Waals surface area contributed by atoms with E-state index in [9.17, 15) is 4.79 Å². The first-order chi connectivity index (χ1) is 9.13. The molecule has 0 radical (unpaired) electrons. The summed E-state index contributed by atoms with van der Waals surface area (Å²) in [5.74, 6) is 0.866. The average Bonchev–Trinajstić information content (AvgIpc) is 2.38. The minimum atomic E-state index is -0.337. The van der Waals surface area contributed by atoms with E-state index in [2.05, 4.69) is 5.32 Å². The molecule has 2 rings (SSSR count). The van der Waals surface area contributed by atoms with Crippen LogP contribution < -0.4 is 15.8 Å². The van der Waals surface area contributed by atoms with E-state index in [0.29, 0.717) is 6.54 Å². The van der Waals surface area contributed by atoms with Crippen LogP contribution in [0.2, 0.25) is 0 Å². The maximum Gasteiger partial charge on any atom is 0.227 e. The quantitative estimate of drug-likeness (QED) is 0.853. The lowest BCUT2D eigenvalue weighted by Gasteiger charge is -2.40. The summed E-state index contributed by atoms with van der Waals surface area (Å²) in [6, 6.07) is 7.67. The van der Waals surface area contributed by atoms with Crippen molar-refractivity contribution >= 4 is 5.91 Å². The summed E-state index contributed by atoms with van der Waals surface area (Å²) in [6.45, 7) is 2.40. The molecule has 0 aliphatic heterocycles. The van der Waals surface area contributed by atoms with Gasteiger partial charge >= 0.3 is 0 Å². The number of hydrogen-bond donors (Lipinski definition) is 2. The smallest absolute Gasteiger partial charge is 0.227 e. The van der Waals surface area contributed by atoms with Gasteiger partial charge in [-0.15, -0.1) is 0 Å². The van der Waals surface area contributed by atoms with Crippen molar-refractivity contribution in [2.24, 2.45) is 11.1 Å². The molecule has 4 nitrogen and oxygen atoms in total. The van der Waals surface area contributed by atoms with Crippen LogP contribution in [-0.4, -0.2) is 19.6 Å². The lowest BCUT2D eigenvalue weighted by molar-refractivity contribution is -0.135. The number of carbonyl (C=O) groups excluding carboxylic acids is 1. The van der Waals surface area contributed by atoms with Crippen molar-refractivity contribution in [3.63, 3.8) is 0 Å². The van der Waals surface area contributed by atoms with Crippen LogP contribution in [-0.2, 0) is 4.79 Å². The Kier molecular flexibility index (Phi) is 4.10. The van der Waals surface area contributed by atoms with Crippen molar-refractivity contribution in [3.8, 4) is 5.75 Å². The Morgan fingerprint density at radius 1 is 1.47 bits per heavy atom. The molecule has 3 N–H and O–H groups in total. The van der Waals surface area contributed by atoms with Gasteiger partial charge in [-0.1, -0.05) is 24.6 Å². The predicted octanol–water partition coefficient (Wildman–Crippen LogP) is 2.00. The van der Waals surface area contributed by atoms with E-state index < -0.39 is 0 Å². The van der Waals surface area contributed by atoms with Gasteiger partial charge in [-0.25, -0.2) is 0 Å². The molecule has 1 aromatic rings. The van der Waals surface area contributed by atoms with E-state index in [1.54, 1.807) is 7.11 Å². The maximum absolute atomic E-state index is 12.3. The van der Waals surface area contributed by atoms with Gasteiger partial charge in [-0.3, -0.25) is 4.79 Å². The van der Waals surface area contributed by atoms with Crippen molar-refractivity contribution in [1.82, 2.24) is 5.32 Å². The molecule has 0 bridgehead atoms. The third-order valence-electron chi connectivity index (χ3n) is 4.14. The van der Waals surface area contributed by atoms with Gasteiger partial charge in [0.05, 0.1) is 18.6 Å². The standard InChI is InChI=1S/C15H22N2O2/c1-11(12-6-3-4-7-13(12)19-2)17-14(18)15(10-16)8-5-9-15/h3-4,6-7,11H,5,8-10,16H2,1-2H3,(H,17,18). The second kappa shape index (κ2) is 5.61. The fraction of sp³-hybridized carbons (Fsp3) is 0.533. The highest BCUT2D eigenvalue weighted by atomic mass is 16.5. The van der Waals surface area contributed by atoms with E-state index >= 15 is 0 Å². The topological polar surface area (TPSA) is 64.3 Å². The summed E-state index contributed by atoms with van der Waals surface area (Å²) in [6.07, 6.45) is 2.88. The number of rotatable bonds is 5. The fourth-order valence-electron chi connectivity index (χ4n) is 2.58. The van der Waals surface area contributed by atoms with Gasteiger partial charge in [0.15, 0.2) is 0 Å². The number of benzene rings is 1. The highest BCUT2D eigenvalue weighted by molar-refractivity contribution is 5.84. The third kappa shape index (κ3) is 2.59. The normalized spacial score (nSPS) is 18.3. The zero-order chi connectivity index (χ0) is 13.9. The first-order valence-corrected chi connectivity index (χ1v) is 6.77. The van der Waals surface area contributed by atoms with E-state index in [-0.39, 0.29) is 17.4 Å². The van der Waals surface area contributed by atoms with Crippen molar-refractivity contribution < 1.29 is 9.53 Å². The van der Waals surface area contributed by atoms with Gasteiger partial charge in [0.1, 0.15) is 5.75 Å². The zero-order valence-corrected chi connectivity index (χ0v) is 11.6. The van der Waals surface area contributed by atoms with Gasteiger partial charge in [0.2, 0.25) is 5.91 Å². The second-order valence-corrected chi connectivity index (χ2v) is 5.28. The predicted molar refractivity (Wildman–Crippen MR) is 74.9 cm³/mol. The minimum Gasteiger partial charge on any atom is -0.496 e. The minimum absolute atomic E-state index is 0.0691. The summed E-state index contributed by atoms with van der Waals surface area (Å²) in [4.78, 5) is 12.3. The number of carbonyl (C=O) groups is 1. The molecule has 0 saturated heterocycles. The largest absolute Gasteiger partial charge is 0.496 e. The average molecular weight is 262 g/mol. The molecule has 1 fully saturated rings. The lowest BCUT2D eigenvalue weighted by atomic mass is 9.68. The van der Waals surface area contributed by atoms with Crippen LogP contribution in [0.5, 0.6) is 5.75 Å². The monoisotopic (exact) mass is 262 g/mol. The Morgan fingerprint density at radius 2 is 2.16 bits per heavy atom. The van der Waals surface area contributed by atoms with Gasteiger partial charge in [0.25, 0.3) is 0 Å². The summed E-state index contributed by atoms with van der Waals surface area (Å²) >= 11 is 0. The number of para-hydroxylation sites is 1. The van der Waals surface area contributed by atoms with Crippen LogP contribution in [0.25, 0.3) is 0 Å². The summed E-state index contributed by atoms with van der Waals surface area (Å²) in [5.41, 5.74) is 6.41. The summed E-state index contributed by atoms with van der Waals surface area (Å²) < 4.78 is 5.32. The van der Waals surface area contributed by atoms with E-state index in [1.165, 1.54) is 0 Å². The SMILES string of the molecule is COc1ccccc1C(C)NC(=O)C1(CN)CCC1. The van der Waals surface area contributed by atoms with Crippen molar-refractivity contribution in [2.75, 3.05) is 13.7 Å². The molecular formula is C15H22N2O2. The molecule has 0 heterocycles. The lowest BCUT2D eigenvalue weighted by Crippen LogP contribution is -2.50. The van der Waals surface area contributed by atoms with Gasteiger partial charge in [-0.2, -0.15) is 0 Å². The molecule has 1 aromatic carbocycles. The van der Waals surface area contributed by atoms with E-state index in [4.69, 9.17) is 10.5 Å². The Hall–Kier alpha value is -1.55. The van der Waals surface area contributed by atoms with Crippen LogP contribution in [0.4, 0.5) is 0 Å².